The Balaban J connectivity index is 1.78. The van der Waals surface area contributed by atoms with Crippen LogP contribution in [0.2, 0.25) is 0 Å². The normalized spacial score (nSPS) is 11.2. The zero-order valence-corrected chi connectivity index (χ0v) is 12.6. The molecule has 0 spiro atoms. The molecule has 0 atom stereocenters. The minimum Gasteiger partial charge on any atom is -0.408 e. The number of benzene rings is 2. The SMILES string of the molecule is Cc1cccc(-c2nc(-c3ccc4c(c3)oc(=O)n4C)no2)c1. The zero-order chi connectivity index (χ0) is 16.0. The van der Waals surface area contributed by atoms with E-state index in [2.05, 4.69) is 10.1 Å². The van der Waals surface area contributed by atoms with Gasteiger partial charge in [-0.3, -0.25) is 4.57 Å². The van der Waals surface area contributed by atoms with E-state index in [1.807, 2.05) is 37.3 Å². The van der Waals surface area contributed by atoms with Crippen LogP contribution in [-0.2, 0) is 7.05 Å². The molecule has 0 amide bonds. The molecule has 0 saturated heterocycles. The van der Waals surface area contributed by atoms with Crippen molar-refractivity contribution in [3.05, 3.63) is 58.6 Å². The minimum absolute atomic E-state index is 0.397. The van der Waals surface area contributed by atoms with Crippen LogP contribution in [0.25, 0.3) is 33.9 Å². The van der Waals surface area contributed by atoms with E-state index in [1.54, 1.807) is 19.2 Å². The van der Waals surface area contributed by atoms with Gasteiger partial charge in [-0.2, -0.15) is 4.98 Å². The van der Waals surface area contributed by atoms with Gasteiger partial charge in [-0.05, 0) is 37.3 Å². The van der Waals surface area contributed by atoms with Crippen molar-refractivity contribution in [2.45, 2.75) is 6.92 Å². The fourth-order valence-corrected chi connectivity index (χ4v) is 2.51. The molecule has 0 bridgehead atoms. The zero-order valence-electron chi connectivity index (χ0n) is 12.6. The Hall–Kier alpha value is -3.15. The van der Waals surface area contributed by atoms with Crippen LogP contribution in [0.5, 0.6) is 0 Å². The third-order valence-corrected chi connectivity index (χ3v) is 3.74. The number of aromatic nitrogens is 3. The van der Waals surface area contributed by atoms with E-state index in [0.717, 1.165) is 22.2 Å². The van der Waals surface area contributed by atoms with Gasteiger partial charge in [0.1, 0.15) is 0 Å². The molecule has 0 saturated carbocycles. The maximum Gasteiger partial charge on any atom is 0.419 e. The van der Waals surface area contributed by atoms with Crippen molar-refractivity contribution in [1.82, 2.24) is 14.7 Å². The number of nitrogens with zero attached hydrogens (tertiary/aromatic N) is 3. The Morgan fingerprint density at radius 2 is 1.96 bits per heavy atom. The number of rotatable bonds is 2. The molecular weight excluding hydrogens is 294 g/mol. The monoisotopic (exact) mass is 307 g/mol. The Morgan fingerprint density at radius 1 is 1.09 bits per heavy atom. The third-order valence-electron chi connectivity index (χ3n) is 3.74. The van der Waals surface area contributed by atoms with Gasteiger partial charge in [0, 0.05) is 18.2 Å². The molecule has 0 N–H and O–H groups in total. The lowest BCUT2D eigenvalue weighted by Gasteiger charge is -1.96. The first-order chi connectivity index (χ1) is 11.1. The second-order valence-corrected chi connectivity index (χ2v) is 5.40. The van der Waals surface area contributed by atoms with Crippen LogP contribution < -0.4 is 5.76 Å². The first-order valence-corrected chi connectivity index (χ1v) is 7.12. The van der Waals surface area contributed by atoms with Gasteiger partial charge in [-0.15, -0.1) is 0 Å². The molecule has 4 rings (SSSR count). The molecule has 0 fully saturated rings. The second-order valence-electron chi connectivity index (χ2n) is 5.40. The molecule has 23 heavy (non-hydrogen) atoms. The molecule has 114 valence electrons. The summed E-state index contributed by atoms with van der Waals surface area (Å²) in [6.45, 7) is 2.01. The van der Waals surface area contributed by atoms with E-state index in [1.165, 1.54) is 4.57 Å². The third kappa shape index (κ3) is 2.24. The Morgan fingerprint density at radius 3 is 2.78 bits per heavy atom. The lowest BCUT2D eigenvalue weighted by atomic mass is 10.1. The van der Waals surface area contributed by atoms with E-state index in [0.29, 0.717) is 17.3 Å². The summed E-state index contributed by atoms with van der Waals surface area (Å²) in [6, 6.07) is 13.2. The highest BCUT2D eigenvalue weighted by atomic mass is 16.5. The van der Waals surface area contributed by atoms with E-state index >= 15 is 0 Å². The summed E-state index contributed by atoms with van der Waals surface area (Å²) < 4.78 is 12.0. The molecule has 6 nitrogen and oxygen atoms in total. The Kier molecular flexibility index (Phi) is 2.90. The number of hydrogen-bond acceptors (Lipinski definition) is 5. The number of hydrogen-bond donors (Lipinski definition) is 0. The quantitative estimate of drug-likeness (QED) is 0.568. The van der Waals surface area contributed by atoms with Gasteiger partial charge in [-0.25, -0.2) is 4.79 Å². The van der Waals surface area contributed by atoms with E-state index < -0.39 is 5.76 Å². The van der Waals surface area contributed by atoms with Gasteiger partial charge in [-0.1, -0.05) is 22.9 Å². The molecule has 0 aliphatic heterocycles. The molecule has 2 heterocycles. The van der Waals surface area contributed by atoms with Crippen LogP contribution in [0.15, 0.2) is 56.2 Å². The molecule has 0 aliphatic carbocycles. The fraction of sp³-hybridized carbons (Fsp3) is 0.118. The van der Waals surface area contributed by atoms with Crippen molar-refractivity contribution in [1.29, 1.82) is 0 Å². The molecule has 2 aromatic heterocycles. The van der Waals surface area contributed by atoms with Crippen LogP contribution in [-0.4, -0.2) is 14.7 Å². The number of oxazole rings is 1. The van der Waals surface area contributed by atoms with Gasteiger partial charge in [0.05, 0.1) is 5.52 Å². The van der Waals surface area contributed by atoms with Crippen molar-refractivity contribution in [2.24, 2.45) is 7.05 Å². The summed E-state index contributed by atoms with van der Waals surface area (Å²) in [5, 5.41) is 4.02. The summed E-state index contributed by atoms with van der Waals surface area (Å²) in [5.74, 6) is 0.513. The van der Waals surface area contributed by atoms with E-state index in [9.17, 15) is 4.79 Å². The van der Waals surface area contributed by atoms with Gasteiger partial charge in [0.2, 0.25) is 5.82 Å². The van der Waals surface area contributed by atoms with Crippen LogP contribution in [0.1, 0.15) is 5.56 Å². The topological polar surface area (TPSA) is 74.1 Å². The van der Waals surface area contributed by atoms with Crippen molar-refractivity contribution in [3.63, 3.8) is 0 Å². The first-order valence-electron chi connectivity index (χ1n) is 7.12. The standard InChI is InChI=1S/C17H13N3O3/c1-10-4-3-5-12(8-10)16-18-15(19-23-16)11-6-7-13-14(9-11)22-17(21)20(13)2/h3-9H,1-2H3. The summed E-state index contributed by atoms with van der Waals surface area (Å²) in [4.78, 5) is 16.0. The van der Waals surface area contributed by atoms with Crippen LogP contribution in [0.4, 0.5) is 0 Å². The maximum absolute atomic E-state index is 11.6. The van der Waals surface area contributed by atoms with Crippen molar-refractivity contribution >= 4 is 11.1 Å². The van der Waals surface area contributed by atoms with Gasteiger partial charge >= 0.3 is 5.76 Å². The van der Waals surface area contributed by atoms with Gasteiger partial charge < -0.3 is 8.94 Å². The molecule has 2 aromatic carbocycles. The smallest absolute Gasteiger partial charge is 0.408 e. The average molecular weight is 307 g/mol. The largest absolute Gasteiger partial charge is 0.419 e. The number of aryl methyl sites for hydroxylation is 2. The molecule has 4 aromatic rings. The highest BCUT2D eigenvalue weighted by Crippen LogP contribution is 2.25. The highest BCUT2D eigenvalue weighted by molar-refractivity contribution is 5.78. The predicted octanol–water partition coefficient (Wildman–Crippen LogP) is 3.16. The van der Waals surface area contributed by atoms with Crippen LogP contribution in [0.3, 0.4) is 0 Å². The summed E-state index contributed by atoms with van der Waals surface area (Å²) in [5.41, 5.74) is 3.94. The lowest BCUT2D eigenvalue weighted by Crippen LogP contribution is -2.08. The van der Waals surface area contributed by atoms with E-state index in [4.69, 9.17) is 8.94 Å². The molecule has 0 radical (unpaired) electrons. The van der Waals surface area contributed by atoms with Crippen LogP contribution >= 0.6 is 0 Å². The van der Waals surface area contributed by atoms with E-state index in [-0.39, 0.29) is 0 Å². The molecule has 6 heteroatoms. The molecular formula is C17H13N3O3. The molecule has 0 aliphatic rings. The second kappa shape index (κ2) is 4.95. The highest BCUT2D eigenvalue weighted by Gasteiger charge is 2.13. The lowest BCUT2D eigenvalue weighted by molar-refractivity contribution is 0.432. The van der Waals surface area contributed by atoms with Gasteiger partial charge in [0.15, 0.2) is 5.58 Å². The Bertz CT molecular complexity index is 1070. The minimum atomic E-state index is -0.397. The summed E-state index contributed by atoms with van der Waals surface area (Å²) >= 11 is 0. The van der Waals surface area contributed by atoms with Crippen molar-refractivity contribution in [2.75, 3.05) is 0 Å². The van der Waals surface area contributed by atoms with Crippen molar-refractivity contribution < 1.29 is 8.94 Å². The summed E-state index contributed by atoms with van der Waals surface area (Å²) in [7, 11) is 1.66. The first kappa shape index (κ1) is 13.5. The average Bonchev–Trinajstić information content (AvgIpc) is 3.13. The Labute approximate surface area is 131 Å². The summed E-state index contributed by atoms with van der Waals surface area (Å²) in [6.07, 6.45) is 0. The van der Waals surface area contributed by atoms with Crippen LogP contribution in [0, 0.1) is 6.92 Å². The number of fused-ring (bicyclic) bond motifs is 1. The van der Waals surface area contributed by atoms with Crippen molar-refractivity contribution in [3.8, 4) is 22.8 Å². The maximum atomic E-state index is 11.6. The van der Waals surface area contributed by atoms with Gasteiger partial charge in [0.25, 0.3) is 5.89 Å². The molecule has 0 unspecified atom stereocenters. The predicted molar refractivity (Wildman–Crippen MR) is 84.9 cm³/mol. The fourth-order valence-electron chi connectivity index (χ4n) is 2.51.